The van der Waals surface area contributed by atoms with Gasteiger partial charge in [0.1, 0.15) is 18.5 Å². The van der Waals surface area contributed by atoms with E-state index in [1.54, 1.807) is 7.11 Å². The van der Waals surface area contributed by atoms with Crippen molar-refractivity contribution in [2.24, 2.45) is 0 Å². The SMILES string of the molecule is COc1ccc2c(c1)C1OCC(=O)NC1CC2. The maximum absolute atomic E-state index is 11.3. The first kappa shape index (κ1) is 10.6. The summed E-state index contributed by atoms with van der Waals surface area (Å²) in [6, 6.07) is 6.19. The Hall–Kier alpha value is -1.55. The second-order valence-electron chi connectivity index (χ2n) is 4.51. The van der Waals surface area contributed by atoms with Crippen molar-refractivity contribution >= 4 is 5.91 Å². The van der Waals surface area contributed by atoms with Crippen LogP contribution in [0.2, 0.25) is 0 Å². The Balaban J connectivity index is 1.97. The lowest BCUT2D eigenvalue weighted by Crippen LogP contribution is -2.49. The van der Waals surface area contributed by atoms with E-state index in [0.29, 0.717) is 0 Å². The molecule has 2 atom stereocenters. The highest BCUT2D eigenvalue weighted by atomic mass is 16.5. The molecular formula is C13H15NO3. The summed E-state index contributed by atoms with van der Waals surface area (Å²) in [5, 5.41) is 2.99. The van der Waals surface area contributed by atoms with Gasteiger partial charge in [-0.25, -0.2) is 0 Å². The van der Waals surface area contributed by atoms with E-state index in [4.69, 9.17) is 9.47 Å². The van der Waals surface area contributed by atoms with Crippen molar-refractivity contribution in [3.8, 4) is 5.75 Å². The molecule has 1 aromatic rings. The van der Waals surface area contributed by atoms with Gasteiger partial charge in [-0.05, 0) is 36.1 Å². The van der Waals surface area contributed by atoms with Crippen LogP contribution < -0.4 is 10.1 Å². The fourth-order valence-corrected chi connectivity index (χ4v) is 2.64. The van der Waals surface area contributed by atoms with E-state index < -0.39 is 0 Å². The van der Waals surface area contributed by atoms with Crippen molar-refractivity contribution in [3.05, 3.63) is 29.3 Å². The van der Waals surface area contributed by atoms with Crippen LogP contribution in [0.15, 0.2) is 18.2 Å². The van der Waals surface area contributed by atoms with E-state index >= 15 is 0 Å². The average molecular weight is 233 g/mol. The molecule has 0 saturated carbocycles. The second-order valence-corrected chi connectivity index (χ2v) is 4.51. The van der Waals surface area contributed by atoms with E-state index in [1.165, 1.54) is 5.56 Å². The molecule has 1 aromatic carbocycles. The maximum Gasteiger partial charge on any atom is 0.246 e. The molecule has 2 unspecified atom stereocenters. The smallest absolute Gasteiger partial charge is 0.246 e. The predicted molar refractivity (Wildman–Crippen MR) is 61.9 cm³/mol. The third-order valence-corrected chi connectivity index (χ3v) is 3.49. The Kier molecular flexibility index (Phi) is 2.52. The Labute approximate surface area is 99.9 Å². The van der Waals surface area contributed by atoms with Gasteiger partial charge in [0.25, 0.3) is 0 Å². The quantitative estimate of drug-likeness (QED) is 0.792. The number of amides is 1. The van der Waals surface area contributed by atoms with E-state index in [-0.39, 0.29) is 24.7 Å². The average Bonchev–Trinajstić information content (AvgIpc) is 2.37. The molecular weight excluding hydrogens is 218 g/mol. The minimum atomic E-state index is -0.0217. The number of carbonyl (C=O) groups is 1. The fraction of sp³-hybridized carbons (Fsp3) is 0.462. The molecule has 0 spiro atoms. The number of fused-ring (bicyclic) bond motifs is 3. The molecule has 1 N–H and O–H groups in total. The van der Waals surface area contributed by atoms with Gasteiger partial charge in [0.2, 0.25) is 5.91 Å². The van der Waals surface area contributed by atoms with Gasteiger partial charge in [-0.15, -0.1) is 0 Å². The summed E-state index contributed by atoms with van der Waals surface area (Å²) < 4.78 is 10.9. The minimum absolute atomic E-state index is 0.0161. The van der Waals surface area contributed by atoms with Crippen LogP contribution in [0.1, 0.15) is 23.7 Å². The summed E-state index contributed by atoms with van der Waals surface area (Å²) in [5.74, 6) is 0.822. The molecule has 1 fully saturated rings. The molecule has 4 heteroatoms. The number of hydrogen-bond acceptors (Lipinski definition) is 3. The molecule has 0 radical (unpaired) electrons. The molecule has 4 nitrogen and oxygen atoms in total. The summed E-state index contributed by atoms with van der Waals surface area (Å²) >= 11 is 0. The summed E-state index contributed by atoms with van der Waals surface area (Å²) in [6.45, 7) is 0.151. The van der Waals surface area contributed by atoms with Crippen LogP contribution >= 0.6 is 0 Å². The van der Waals surface area contributed by atoms with Crippen molar-refractivity contribution in [1.82, 2.24) is 5.32 Å². The van der Waals surface area contributed by atoms with Crippen LogP contribution in [0.4, 0.5) is 0 Å². The summed E-state index contributed by atoms with van der Waals surface area (Å²) in [7, 11) is 1.66. The van der Waals surface area contributed by atoms with Crippen LogP contribution in [0.25, 0.3) is 0 Å². The van der Waals surface area contributed by atoms with Gasteiger partial charge in [0, 0.05) is 0 Å². The zero-order valence-corrected chi connectivity index (χ0v) is 9.73. The Bertz CT molecular complexity index is 458. The highest BCUT2D eigenvalue weighted by molar-refractivity contribution is 5.78. The zero-order valence-electron chi connectivity index (χ0n) is 9.73. The number of nitrogens with one attached hydrogen (secondary N) is 1. The van der Waals surface area contributed by atoms with Gasteiger partial charge in [0.05, 0.1) is 13.2 Å². The summed E-state index contributed by atoms with van der Waals surface area (Å²) in [6.07, 6.45) is 1.89. The molecule has 90 valence electrons. The lowest BCUT2D eigenvalue weighted by molar-refractivity contribution is -0.137. The first-order valence-corrected chi connectivity index (χ1v) is 5.85. The molecule has 1 aliphatic carbocycles. The van der Waals surface area contributed by atoms with Gasteiger partial charge in [0.15, 0.2) is 0 Å². The lowest BCUT2D eigenvalue weighted by Gasteiger charge is -2.37. The molecule has 1 amide bonds. The highest BCUT2D eigenvalue weighted by Crippen LogP contribution is 2.36. The molecule has 17 heavy (non-hydrogen) atoms. The first-order valence-electron chi connectivity index (χ1n) is 5.85. The standard InChI is InChI=1S/C13H15NO3/c1-16-9-4-2-8-3-5-11-13(10(8)6-9)17-7-12(15)14-11/h2,4,6,11,13H,3,5,7H2,1H3,(H,14,15). The van der Waals surface area contributed by atoms with Gasteiger partial charge in [-0.1, -0.05) is 6.07 Å². The first-order chi connectivity index (χ1) is 8.28. The van der Waals surface area contributed by atoms with E-state index in [9.17, 15) is 4.79 Å². The highest BCUT2D eigenvalue weighted by Gasteiger charge is 2.35. The predicted octanol–water partition coefficient (Wildman–Crippen LogP) is 1.20. The molecule has 1 aliphatic heterocycles. The van der Waals surface area contributed by atoms with Crippen molar-refractivity contribution in [3.63, 3.8) is 0 Å². The number of carbonyl (C=O) groups excluding carboxylic acids is 1. The zero-order chi connectivity index (χ0) is 11.8. The van der Waals surface area contributed by atoms with Crippen molar-refractivity contribution in [2.75, 3.05) is 13.7 Å². The second kappa shape index (κ2) is 4.04. The van der Waals surface area contributed by atoms with Crippen LogP contribution in [-0.4, -0.2) is 25.7 Å². The number of methoxy groups -OCH3 is 1. The van der Waals surface area contributed by atoms with Crippen LogP contribution in [0, 0.1) is 0 Å². The monoisotopic (exact) mass is 233 g/mol. The van der Waals surface area contributed by atoms with Gasteiger partial charge in [-0.3, -0.25) is 4.79 Å². The van der Waals surface area contributed by atoms with Crippen LogP contribution in [0.5, 0.6) is 5.75 Å². The maximum atomic E-state index is 11.3. The van der Waals surface area contributed by atoms with Gasteiger partial charge in [-0.2, -0.15) is 0 Å². The number of hydrogen-bond donors (Lipinski definition) is 1. The molecule has 3 rings (SSSR count). The third kappa shape index (κ3) is 1.78. The number of morpholine rings is 1. The normalized spacial score (nSPS) is 26.8. The number of benzene rings is 1. The third-order valence-electron chi connectivity index (χ3n) is 3.49. The number of ether oxygens (including phenoxy) is 2. The van der Waals surface area contributed by atoms with Crippen LogP contribution in [-0.2, 0) is 16.0 Å². The summed E-state index contributed by atoms with van der Waals surface area (Å²) in [5.41, 5.74) is 2.45. The molecule has 0 aromatic heterocycles. The van der Waals surface area contributed by atoms with Crippen molar-refractivity contribution in [2.45, 2.75) is 25.0 Å². The molecule has 1 heterocycles. The van der Waals surface area contributed by atoms with E-state index in [0.717, 1.165) is 24.2 Å². The number of rotatable bonds is 1. The number of aryl methyl sites for hydroxylation is 1. The van der Waals surface area contributed by atoms with Crippen LogP contribution in [0.3, 0.4) is 0 Å². The molecule has 1 saturated heterocycles. The van der Waals surface area contributed by atoms with Crippen molar-refractivity contribution in [1.29, 1.82) is 0 Å². The van der Waals surface area contributed by atoms with E-state index in [2.05, 4.69) is 11.4 Å². The van der Waals surface area contributed by atoms with Crippen molar-refractivity contribution < 1.29 is 14.3 Å². The topological polar surface area (TPSA) is 47.6 Å². The Morgan fingerprint density at radius 2 is 2.35 bits per heavy atom. The Morgan fingerprint density at radius 3 is 3.18 bits per heavy atom. The van der Waals surface area contributed by atoms with E-state index in [1.807, 2.05) is 12.1 Å². The lowest BCUT2D eigenvalue weighted by atomic mass is 9.85. The summed E-state index contributed by atoms with van der Waals surface area (Å²) in [4.78, 5) is 11.3. The molecule has 0 bridgehead atoms. The molecule has 2 aliphatic rings. The van der Waals surface area contributed by atoms with Gasteiger partial charge >= 0.3 is 0 Å². The Morgan fingerprint density at radius 1 is 1.47 bits per heavy atom. The fourth-order valence-electron chi connectivity index (χ4n) is 2.64. The minimum Gasteiger partial charge on any atom is -0.497 e. The largest absolute Gasteiger partial charge is 0.497 e. The van der Waals surface area contributed by atoms with Gasteiger partial charge < -0.3 is 14.8 Å².